The quantitative estimate of drug-likeness (QED) is 0.885. The Balaban J connectivity index is 2.17. The summed E-state index contributed by atoms with van der Waals surface area (Å²) in [4.78, 5) is 11.3. The fourth-order valence-electron chi connectivity index (χ4n) is 2.01. The van der Waals surface area contributed by atoms with E-state index in [0.29, 0.717) is 11.1 Å². The molecule has 0 amide bonds. The van der Waals surface area contributed by atoms with Gasteiger partial charge in [-0.1, -0.05) is 36.4 Å². The third kappa shape index (κ3) is 3.65. The highest BCUT2D eigenvalue weighted by Gasteiger charge is 2.19. The molecule has 5 heteroatoms. The monoisotopic (exact) mass is 284 g/mol. The summed E-state index contributed by atoms with van der Waals surface area (Å²) >= 11 is 0. The maximum atomic E-state index is 13.1. The number of aliphatic carboxylic acids is 1. The van der Waals surface area contributed by atoms with Crippen LogP contribution in [0.25, 0.3) is 0 Å². The van der Waals surface area contributed by atoms with Crippen LogP contribution in [-0.2, 0) is 11.3 Å². The minimum absolute atomic E-state index is 0.162. The molecule has 0 bridgehead atoms. The Bertz CT molecular complexity index is 680. The summed E-state index contributed by atoms with van der Waals surface area (Å²) in [6, 6.07) is 13.6. The van der Waals surface area contributed by atoms with Crippen molar-refractivity contribution in [3.8, 4) is 6.07 Å². The van der Waals surface area contributed by atoms with Gasteiger partial charge in [-0.05, 0) is 23.3 Å². The third-order valence-electron chi connectivity index (χ3n) is 3.07. The summed E-state index contributed by atoms with van der Waals surface area (Å²) in [5.41, 5.74) is 1.37. The summed E-state index contributed by atoms with van der Waals surface area (Å²) < 4.78 is 13.1. The van der Waals surface area contributed by atoms with E-state index in [-0.39, 0.29) is 12.1 Å². The van der Waals surface area contributed by atoms with Crippen molar-refractivity contribution in [2.75, 3.05) is 0 Å². The van der Waals surface area contributed by atoms with E-state index in [0.717, 1.165) is 6.07 Å². The van der Waals surface area contributed by atoms with Crippen molar-refractivity contribution >= 4 is 5.97 Å². The zero-order valence-electron chi connectivity index (χ0n) is 11.1. The molecule has 0 spiro atoms. The minimum atomic E-state index is -1.01. The van der Waals surface area contributed by atoms with Crippen LogP contribution in [0.15, 0.2) is 48.5 Å². The predicted octanol–water partition coefficient (Wildman–Crippen LogP) is 2.61. The number of nitrogens with zero attached hydrogens (tertiary/aromatic N) is 1. The van der Waals surface area contributed by atoms with Gasteiger partial charge in [0.1, 0.15) is 11.9 Å². The number of nitrogens with one attached hydrogen (secondary N) is 1. The Hall–Kier alpha value is -2.71. The lowest BCUT2D eigenvalue weighted by atomic mass is 10.0. The highest BCUT2D eigenvalue weighted by molar-refractivity contribution is 5.75. The summed E-state index contributed by atoms with van der Waals surface area (Å²) in [5, 5.41) is 21.1. The molecular formula is C16H13FN2O2. The molecule has 0 heterocycles. The lowest BCUT2D eigenvalue weighted by molar-refractivity contribution is -0.139. The van der Waals surface area contributed by atoms with Gasteiger partial charge in [0.25, 0.3) is 0 Å². The van der Waals surface area contributed by atoms with Crippen molar-refractivity contribution in [1.29, 1.82) is 5.26 Å². The number of hydrogen-bond donors (Lipinski definition) is 2. The number of carboxylic acid groups (broad SMARTS) is 1. The molecule has 2 rings (SSSR count). The number of carboxylic acids is 1. The number of carbonyl (C=O) groups is 1. The normalized spacial score (nSPS) is 11.6. The first-order valence-electron chi connectivity index (χ1n) is 6.31. The number of halogens is 1. The van der Waals surface area contributed by atoms with Gasteiger partial charge in [-0.25, -0.2) is 4.39 Å². The Morgan fingerprint density at radius 3 is 2.62 bits per heavy atom. The van der Waals surface area contributed by atoms with Crippen LogP contribution in [0.3, 0.4) is 0 Å². The van der Waals surface area contributed by atoms with E-state index in [1.54, 1.807) is 30.3 Å². The van der Waals surface area contributed by atoms with Gasteiger partial charge < -0.3 is 5.11 Å². The Morgan fingerprint density at radius 1 is 1.29 bits per heavy atom. The number of hydrogen-bond acceptors (Lipinski definition) is 3. The standard InChI is InChI=1S/C16H13FN2O2/c17-14-7-6-12(13(8-14)9-18)10-19-15(16(20)21)11-4-2-1-3-5-11/h1-8,15,19H,10H2,(H,20,21). The largest absolute Gasteiger partial charge is 0.480 e. The molecule has 0 saturated carbocycles. The molecule has 0 radical (unpaired) electrons. The lowest BCUT2D eigenvalue weighted by Crippen LogP contribution is -2.28. The highest BCUT2D eigenvalue weighted by Crippen LogP contribution is 2.16. The van der Waals surface area contributed by atoms with Gasteiger partial charge in [0.15, 0.2) is 0 Å². The molecular weight excluding hydrogens is 271 g/mol. The summed E-state index contributed by atoms with van der Waals surface area (Å²) in [6.07, 6.45) is 0. The molecule has 0 aromatic heterocycles. The second kappa shape index (κ2) is 6.64. The Labute approximate surface area is 121 Å². The van der Waals surface area contributed by atoms with Gasteiger partial charge >= 0.3 is 5.97 Å². The summed E-state index contributed by atoms with van der Waals surface area (Å²) in [5.74, 6) is -1.50. The second-order valence-corrected chi connectivity index (χ2v) is 4.48. The van der Waals surface area contributed by atoms with E-state index in [4.69, 9.17) is 5.26 Å². The van der Waals surface area contributed by atoms with Crippen LogP contribution in [0, 0.1) is 17.1 Å². The second-order valence-electron chi connectivity index (χ2n) is 4.48. The SMILES string of the molecule is N#Cc1cc(F)ccc1CNC(C(=O)O)c1ccccc1. The fraction of sp³-hybridized carbons (Fsp3) is 0.125. The molecule has 2 aromatic carbocycles. The van der Waals surface area contributed by atoms with Crippen LogP contribution in [0.4, 0.5) is 4.39 Å². The summed E-state index contributed by atoms with van der Waals surface area (Å²) in [6.45, 7) is 0.162. The zero-order valence-corrected chi connectivity index (χ0v) is 11.1. The Kier molecular flexibility index (Phi) is 4.64. The molecule has 4 nitrogen and oxygen atoms in total. The van der Waals surface area contributed by atoms with Crippen molar-refractivity contribution in [3.05, 3.63) is 71.0 Å². The van der Waals surface area contributed by atoms with Crippen molar-refractivity contribution in [2.24, 2.45) is 0 Å². The van der Waals surface area contributed by atoms with Crippen molar-refractivity contribution < 1.29 is 14.3 Å². The summed E-state index contributed by atoms with van der Waals surface area (Å²) in [7, 11) is 0. The number of nitriles is 1. The van der Waals surface area contributed by atoms with Crippen molar-refractivity contribution in [1.82, 2.24) is 5.32 Å². The van der Waals surface area contributed by atoms with E-state index < -0.39 is 17.8 Å². The molecule has 1 atom stereocenters. The van der Waals surface area contributed by atoms with E-state index >= 15 is 0 Å². The molecule has 21 heavy (non-hydrogen) atoms. The highest BCUT2D eigenvalue weighted by atomic mass is 19.1. The molecule has 0 aliphatic carbocycles. The van der Waals surface area contributed by atoms with Gasteiger partial charge in [-0.2, -0.15) is 5.26 Å². The molecule has 2 aromatic rings. The van der Waals surface area contributed by atoms with Gasteiger partial charge in [-0.3, -0.25) is 10.1 Å². The first-order valence-corrected chi connectivity index (χ1v) is 6.31. The average molecular weight is 284 g/mol. The van der Waals surface area contributed by atoms with E-state index in [1.165, 1.54) is 12.1 Å². The van der Waals surface area contributed by atoms with Gasteiger partial charge in [0.05, 0.1) is 11.6 Å². The van der Waals surface area contributed by atoms with Crippen LogP contribution in [-0.4, -0.2) is 11.1 Å². The smallest absolute Gasteiger partial charge is 0.325 e. The van der Waals surface area contributed by atoms with Crippen LogP contribution >= 0.6 is 0 Å². The lowest BCUT2D eigenvalue weighted by Gasteiger charge is -2.15. The molecule has 0 fully saturated rings. The van der Waals surface area contributed by atoms with Crippen LogP contribution in [0.5, 0.6) is 0 Å². The fourth-order valence-corrected chi connectivity index (χ4v) is 2.01. The van der Waals surface area contributed by atoms with Crippen LogP contribution in [0.1, 0.15) is 22.7 Å². The van der Waals surface area contributed by atoms with Crippen molar-refractivity contribution in [2.45, 2.75) is 12.6 Å². The predicted molar refractivity (Wildman–Crippen MR) is 74.8 cm³/mol. The molecule has 0 aliphatic heterocycles. The van der Waals surface area contributed by atoms with Crippen LogP contribution < -0.4 is 5.32 Å². The number of benzene rings is 2. The first-order chi connectivity index (χ1) is 10.1. The van der Waals surface area contributed by atoms with Gasteiger partial charge in [0, 0.05) is 6.54 Å². The molecule has 1 unspecified atom stereocenters. The number of rotatable bonds is 5. The van der Waals surface area contributed by atoms with Crippen LogP contribution in [0.2, 0.25) is 0 Å². The topological polar surface area (TPSA) is 73.1 Å². The molecule has 106 valence electrons. The average Bonchev–Trinajstić information content (AvgIpc) is 2.49. The Morgan fingerprint density at radius 2 is 2.00 bits per heavy atom. The molecule has 0 aliphatic rings. The maximum Gasteiger partial charge on any atom is 0.325 e. The van der Waals surface area contributed by atoms with Gasteiger partial charge in [-0.15, -0.1) is 0 Å². The molecule has 2 N–H and O–H groups in total. The zero-order chi connectivity index (χ0) is 15.2. The van der Waals surface area contributed by atoms with E-state index in [1.807, 2.05) is 6.07 Å². The maximum absolute atomic E-state index is 13.1. The first kappa shape index (κ1) is 14.7. The van der Waals surface area contributed by atoms with E-state index in [2.05, 4.69) is 5.32 Å². The van der Waals surface area contributed by atoms with Gasteiger partial charge in [0.2, 0.25) is 0 Å². The third-order valence-corrected chi connectivity index (χ3v) is 3.07. The minimum Gasteiger partial charge on any atom is -0.480 e. The van der Waals surface area contributed by atoms with E-state index in [9.17, 15) is 14.3 Å². The molecule has 0 saturated heterocycles. The van der Waals surface area contributed by atoms with Crippen molar-refractivity contribution in [3.63, 3.8) is 0 Å².